The van der Waals surface area contributed by atoms with Crippen molar-refractivity contribution in [2.24, 2.45) is 0 Å². The molecule has 2 aromatic heterocycles. The first kappa shape index (κ1) is 36.6. The number of nitrogens with zero attached hydrogens (tertiary/aromatic N) is 6. The molecular weight excluding hydrogens is 508 g/mol. The van der Waals surface area contributed by atoms with Gasteiger partial charge in [0, 0.05) is 7.11 Å². The molecule has 0 aliphatic rings. The highest BCUT2D eigenvalue weighted by atomic mass is 16.2. The predicted octanol–water partition coefficient (Wildman–Crippen LogP) is 8.90. The van der Waals surface area contributed by atoms with E-state index in [4.69, 9.17) is 5.11 Å². The van der Waals surface area contributed by atoms with Crippen LogP contribution in [0.25, 0.3) is 33.5 Å². The molecular formula is C34H48N6O. The van der Waals surface area contributed by atoms with Gasteiger partial charge in [0.15, 0.2) is 0 Å². The number of fused-ring (bicyclic) bond motifs is 2. The molecule has 0 saturated heterocycles. The lowest BCUT2D eigenvalue weighted by molar-refractivity contribution is 0.399. The maximum atomic E-state index is 7.00. The molecule has 4 rings (SSSR count). The minimum atomic E-state index is 0.677. The first-order valence-corrected chi connectivity index (χ1v) is 14.2. The van der Waals surface area contributed by atoms with Gasteiger partial charge in [-0.3, -0.25) is 0 Å². The molecule has 4 aromatic rings. The Kier molecular flexibility index (Phi) is 19.2. The van der Waals surface area contributed by atoms with Crippen LogP contribution in [0.4, 0.5) is 0 Å². The summed E-state index contributed by atoms with van der Waals surface area (Å²) in [6, 6.07) is 15.6. The Balaban J connectivity index is 0.00000184. The maximum Gasteiger partial charge on any atom is 0.113 e. The molecule has 2 aromatic carbocycles. The van der Waals surface area contributed by atoms with Crippen molar-refractivity contribution in [1.82, 2.24) is 30.0 Å². The van der Waals surface area contributed by atoms with Crippen molar-refractivity contribution in [3.8, 4) is 0 Å². The highest BCUT2D eigenvalue weighted by Gasteiger charge is 2.08. The van der Waals surface area contributed by atoms with E-state index in [9.17, 15) is 0 Å². The molecule has 7 heteroatoms. The van der Waals surface area contributed by atoms with E-state index in [0.29, 0.717) is 6.42 Å². The van der Waals surface area contributed by atoms with Gasteiger partial charge in [-0.2, -0.15) is 9.59 Å². The Bertz CT molecular complexity index is 1380. The quantitative estimate of drug-likeness (QED) is 0.219. The van der Waals surface area contributed by atoms with Crippen molar-refractivity contribution in [3.63, 3.8) is 0 Å². The summed E-state index contributed by atoms with van der Waals surface area (Å²) in [6.07, 6.45) is 12.4. The fourth-order valence-electron chi connectivity index (χ4n) is 3.44. The second kappa shape index (κ2) is 21.5. The summed E-state index contributed by atoms with van der Waals surface area (Å²) in [5.74, 6) is 0. The third-order valence-corrected chi connectivity index (χ3v) is 5.25. The van der Waals surface area contributed by atoms with Crippen molar-refractivity contribution in [1.29, 1.82) is 0 Å². The minimum absolute atomic E-state index is 0.677. The average molecular weight is 557 g/mol. The fraction of sp³-hybridized carbons (Fsp3) is 0.294. The van der Waals surface area contributed by atoms with Crippen molar-refractivity contribution >= 4 is 33.5 Å². The summed E-state index contributed by atoms with van der Waals surface area (Å²) in [7, 11) is 1.00. The van der Waals surface area contributed by atoms with E-state index < -0.39 is 0 Å². The molecule has 0 radical (unpaired) electrons. The van der Waals surface area contributed by atoms with Crippen LogP contribution in [0.5, 0.6) is 0 Å². The molecule has 0 bridgehead atoms. The summed E-state index contributed by atoms with van der Waals surface area (Å²) in [4.78, 5) is 3.28. The van der Waals surface area contributed by atoms with Crippen LogP contribution in [0.1, 0.15) is 61.8 Å². The largest absolute Gasteiger partial charge is 0.400 e. The summed E-state index contributed by atoms with van der Waals surface area (Å²) < 4.78 is 0. The second-order valence-electron chi connectivity index (χ2n) is 7.41. The summed E-state index contributed by atoms with van der Waals surface area (Å²) in [6.45, 7) is 24.0. The van der Waals surface area contributed by atoms with Gasteiger partial charge in [0.1, 0.15) is 22.1 Å². The number of benzene rings is 2. The molecule has 0 unspecified atom stereocenters. The van der Waals surface area contributed by atoms with Gasteiger partial charge in [0.2, 0.25) is 0 Å². The SMILES string of the molecule is C=C/C(=C\C(=C/C)n1nc2ccccc2n1)CC(=C/C)/C=C(\C=C)n1nc2ccccc2n1.CC.CC.CC.CO. The van der Waals surface area contributed by atoms with E-state index in [0.717, 1.165) is 51.7 Å². The lowest BCUT2D eigenvalue weighted by Gasteiger charge is -2.08. The van der Waals surface area contributed by atoms with Gasteiger partial charge < -0.3 is 5.11 Å². The number of rotatable bonds is 8. The van der Waals surface area contributed by atoms with Crippen LogP contribution in [0.15, 0.2) is 109 Å². The molecule has 2 heterocycles. The highest BCUT2D eigenvalue weighted by molar-refractivity contribution is 5.75. The van der Waals surface area contributed by atoms with Crippen molar-refractivity contribution in [2.75, 3.05) is 7.11 Å². The van der Waals surface area contributed by atoms with E-state index in [2.05, 4.69) is 45.7 Å². The zero-order chi connectivity index (χ0) is 31.2. The molecule has 0 fully saturated rings. The van der Waals surface area contributed by atoms with Crippen LogP contribution in [-0.2, 0) is 0 Å². The lowest BCUT2D eigenvalue weighted by atomic mass is 10.0. The van der Waals surface area contributed by atoms with Gasteiger partial charge in [0.25, 0.3) is 0 Å². The Morgan fingerprint density at radius 3 is 1.32 bits per heavy atom. The minimum Gasteiger partial charge on any atom is -0.400 e. The third kappa shape index (κ3) is 10.6. The van der Waals surface area contributed by atoms with Crippen LogP contribution in [0, 0.1) is 0 Å². The lowest BCUT2D eigenvalue weighted by Crippen LogP contribution is -2.01. The van der Waals surface area contributed by atoms with Gasteiger partial charge in [-0.25, -0.2) is 0 Å². The van der Waals surface area contributed by atoms with Crippen molar-refractivity contribution in [2.45, 2.75) is 61.8 Å². The Labute approximate surface area is 246 Å². The second-order valence-corrected chi connectivity index (χ2v) is 7.41. The smallest absolute Gasteiger partial charge is 0.113 e. The molecule has 0 saturated carbocycles. The van der Waals surface area contributed by atoms with E-state index in [1.54, 1.807) is 15.7 Å². The van der Waals surface area contributed by atoms with Crippen LogP contribution >= 0.6 is 0 Å². The monoisotopic (exact) mass is 556 g/mol. The zero-order valence-electron chi connectivity index (χ0n) is 26.3. The Morgan fingerprint density at radius 1 is 0.610 bits per heavy atom. The normalized spacial score (nSPS) is 11.6. The van der Waals surface area contributed by atoms with E-state index in [1.807, 2.05) is 122 Å². The van der Waals surface area contributed by atoms with Crippen molar-refractivity contribution < 1.29 is 5.11 Å². The third-order valence-electron chi connectivity index (χ3n) is 5.25. The molecule has 41 heavy (non-hydrogen) atoms. The fourth-order valence-corrected chi connectivity index (χ4v) is 3.44. The van der Waals surface area contributed by atoms with Crippen LogP contribution < -0.4 is 0 Å². The van der Waals surface area contributed by atoms with Gasteiger partial charge in [-0.15, -0.1) is 20.4 Å². The predicted molar refractivity (Wildman–Crippen MR) is 178 cm³/mol. The molecule has 1 N–H and O–H groups in total. The molecule has 0 aliphatic carbocycles. The molecule has 7 nitrogen and oxygen atoms in total. The molecule has 0 atom stereocenters. The Hall–Kier alpha value is -4.36. The highest BCUT2D eigenvalue weighted by Crippen LogP contribution is 2.21. The molecule has 0 spiro atoms. The van der Waals surface area contributed by atoms with E-state index in [-0.39, 0.29) is 0 Å². The van der Waals surface area contributed by atoms with Crippen LogP contribution in [-0.4, -0.2) is 42.2 Å². The van der Waals surface area contributed by atoms with E-state index in [1.165, 1.54) is 0 Å². The van der Waals surface area contributed by atoms with E-state index >= 15 is 0 Å². The number of aliphatic hydroxyl groups excluding tert-OH is 1. The zero-order valence-corrected chi connectivity index (χ0v) is 26.3. The number of allylic oxidation sites excluding steroid dienone is 10. The van der Waals surface area contributed by atoms with Crippen molar-refractivity contribution in [3.05, 3.63) is 109 Å². The van der Waals surface area contributed by atoms with Gasteiger partial charge in [-0.05, 0) is 73.9 Å². The number of aromatic nitrogens is 6. The molecule has 0 amide bonds. The number of hydrogen-bond acceptors (Lipinski definition) is 5. The standard InChI is InChI=1S/C27H26N6.3C2H6.CH4O/c1-5-20(18-22(7-3)32-28-24-13-9-10-14-25(24)29-32)17-21(6-2)19-23(8-4)33-30-26-15-11-12-16-27(26)31-33;4*1-2/h5-16,18-19H,1,4,17H2,2-3H3;3*1-2H3;2H,1H3/b20-18+,21-6-,22-7+,23-19+;;;;. The first-order chi connectivity index (χ1) is 20.1. The van der Waals surface area contributed by atoms with Gasteiger partial charge >= 0.3 is 0 Å². The summed E-state index contributed by atoms with van der Waals surface area (Å²) >= 11 is 0. The maximum absolute atomic E-state index is 7.00. The first-order valence-electron chi connectivity index (χ1n) is 14.2. The van der Waals surface area contributed by atoms with Crippen LogP contribution in [0.3, 0.4) is 0 Å². The Morgan fingerprint density at radius 2 is 1.00 bits per heavy atom. The number of aliphatic hydroxyl groups is 1. The topological polar surface area (TPSA) is 81.7 Å². The molecule has 220 valence electrons. The van der Waals surface area contributed by atoms with Gasteiger partial charge in [0.05, 0.1) is 11.4 Å². The average Bonchev–Trinajstić information content (AvgIpc) is 3.69. The summed E-state index contributed by atoms with van der Waals surface area (Å²) in [5.41, 5.74) is 7.21. The summed E-state index contributed by atoms with van der Waals surface area (Å²) in [5, 5.41) is 25.3. The van der Waals surface area contributed by atoms with Gasteiger partial charge in [-0.1, -0.05) is 97.2 Å². The number of hydrogen-bond donors (Lipinski definition) is 1. The molecule has 0 aliphatic heterocycles. The van der Waals surface area contributed by atoms with Crippen LogP contribution in [0.2, 0.25) is 0 Å².